The highest BCUT2D eigenvalue weighted by Crippen LogP contribution is 2.45. The molecule has 5 rings (SSSR count). The zero-order valence-corrected chi connectivity index (χ0v) is 22.0. The van der Waals surface area contributed by atoms with Crippen LogP contribution in [0.1, 0.15) is 67.8 Å². The van der Waals surface area contributed by atoms with Gasteiger partial charge in [-0.3, -0.25) is 9.59 Å². The number of halogens is 1. The molecule has 0 spiro atoms. The molecule has 36 heavy (non-hydrogen) atoms. The molecule has 0 bridgehead atoms. The van der Waals surface area contributed by atoms with Crippen LogP contribution in [0.3, 0.4) is 0 Å². The van der Waals surface area contributed by atoms with Crippen LogP contribution in [0.25, 0.3) is 11.0 Å². The lowest BCUT2D eigenvalue weighted by atomic mass is 9.94. The van der Waals surface area contributed by atoms with Crippen molar-refractivity contribution in [2.45, 2.75) is 64.5 Å². The molecule has 2 N–H and O–H groups in total. The van der Waals surface area contributed by atoms with Crippen molar-refractivity contribution in [3.8, 4) is 0 Å². The quantitative estimate of drug-likeness (QED) is 0.424. The topological polar surface area (TPSA) is 79.3 Å². The first-order chi connectivity index (χ1) is 17.2. The number of carbonyl (C=O) groups excluding carboxylic acids is 2. The fourth-order valence-electron chi connectivity index (χ4n) is 4.99. The van der Waals surface area contributed by atoms with E-state index in [9.17, 15) is 9.59 Å². The lowest BCUT2D eigenvalue weighted by Crippen LogP contribution is -2.38. The average molecular weight is 508 g/mol. The van der Waals surface area contributed by atoms with Crippen LogP contribution in [0.2, 0.25) is 5.02 Å². The average Bonchev–Trinajstić information content (AvgIpc) is 3.58. The van der Waals surface area contributed by atoms with Crippen molar-refractivity contribution >= 4 is 46.1 Å². The van der Waals surface area contributed by atoms with Crippen molar-refractivity contribution < 1.29 is 9.59 Å². The summed E-state index contributed by atoms with van der Waals surface area (Å²) in [5.74, 6) is 0.771. The number of benzene rings is 2. The second-order valence-electron chi connectivity index (χ2n) is 10.6. The molecule has 2 aromatic carbocycles. The minimum Gasteiger partial charge on any atom is -0.352 e. The number of aromatic nitrogens is 2. The summed E-state index contributed by atoms with van der Waals surface area (Å²) in [6.07, 6.45) is 7.68. The Morgan fingerprint density at radius 3 is 2.61 bits per heavy atom. The van der Waals surface area contributed by atoms with Gasteiger partial charge in [0.1, 0.15) is 0 Å². The first kappa shape index (κ1) is 24.6. The number of anilines is 2. The van der Waals surface area contributed by atoms with Crippen LogP contribution in [-0.2, 0) is 18.4 Å². The van der Waals surface area contributed by atoms with E-state index in [1.54, 1.807) is 0 Å². The minimum absolute atomic E-state index is 0.0433. The first-order valence-electron chi connectivity index (χ1n) is 12.8. The van der Waals surface area contributed by atoms with Crippen LogP contribution in [-0.4, -0.2) is 39.4 Å². The molecule has 2 aliphatic rings. The van der Waals surface area contributed by atoms with Gasteiger partial charge in [0.05, 0.1) is 21.7 Å². The first-order valence-corrected chi connectivity index (χ1v) is 13.2. The van der Waals surface area contributed by atoms with Crippen molar-refractivity contribution in [3.63, 3.8) is 0 Å². The fourth-order valence-corrected chi connectivity index (χ4v) is 5.16. The van der Waals surface area contributed by atoms with Crippen molar-refractivity contribution in [3.05, 3.63) is 52.5 Å². The molecule has 8 heteroatoms. The number of hydrogen-bond donors (Lipinski definition) is 2. The fraction of sp³-hybridized carbons (Fsp3) is 0.464. The second kappa shape index (κ2) is 9.77. The van der Waals surface area contributed by atoms with Gasteiger partial charge >= 0.3 is 0 Å². The highest BCUT2D eigenvalue weighted by molar-refractivity contribution is 6.33. The number of carbonyl (C=O) groups is 2. The Morgan fingerprint density at radius 2 is 1.89 bits per heavy atom. The highest BCUT2D eigenvalue weighted by Gasteiger charge is 2.44. The maximum Gasteiger partial charge on any atom is 0.253 e. The number of rotatable bonds is 7. The Bertz CT molecular complexity index is 1310. The third kappa shape index (κ3) is 4.94. The van der Waals surface area contributed by atoms with E-state index in [-0.39, 0.29) is 17.2 Å². The smallest absolute Gasteiger partial charge is 0.253 e. The number of aryl methyl sites for hydroxylation is 1. The summed E-state index contributed by atoms with van der Waals surface area (Å²) in [4.78, 5) is 32.1. The standard InChI is InChI=1S/C28H34ClN5O2/c1-28(13-14-28)26(36)30-17-18-9-11-21(29)22(15-18)31-27-32-23-16-19(10-12-24(23)34(27)3)25(35)33(2)20-7-5-4-6-8-20/h9-12,15-16,20H,4-8,13-14,17H2,1-3H3,(H,30,36)(H,31,32). The van der Waals surface area contributed by atoms with Gasteiger partial charge in [0, 0.05) is 37.7 Å². The number of nitrogens with one attached hydrogen (secondary N) is 2. The van der Waals surface area contributed by atoms with Crippen molar-refractivity contribution in [2.24, 2.45) is 12.5 Å². The van der Waals surface area contributed by atoms with Gasteiger partial charge in [-0.15, -0.1) is 0 Å². The summed E-state index contributed by atoms with van der Waals surface area (Å²) in [6, 6.07) is 11.7. The molecule has 190 valence electrons. The molecule has 2 saturated carbocycles. The molecule has 2 aliphatic carbocycles. The maximum atomic E-state index is 13.2. The third-order valence-electron chi connectivity index (χ3n) is 7.85. The molecule has 0 radical (unpaired) electrons. The van der Waals surface area contributed by atoms with Crippen LogP contribution in [0.15, 0.2) is 36.4 Å². The van der Waals surface area contributed by atoms with E-state index in [1.165, 1.54) is 19.3 Å². The molecule has 0 saturated heterocycles. The molecule has 1 heterocycles. The summed E-state index contributed by atoms with van der Waals surface area (Å²) in [7, 11) is 3.85. The number of imidazole rings is 1. The van der Waals surface area contributed by atoms with E-state index < -0.39 is 0 Å². The van der Waals surface area contributed by atoms with Gasteiger partial charge in [-0.2, -0.15) is 0 Å². The monoisotopic (exact) mass is 507 g/mol. The molecule has 0 aliphatic heterocycles. The lowest BCUT2D eigenvalue weighted by Gasteiger charge is -2.31. The number of nitrogens with zero attached hydrogens (tertiary/aromatic N) is 3. The van der Waals surface area contributed by atoms with Crippen LogP contribution >= 0.6 is 11.6 Å². The maximum absolute atomic E-state index is 13.2. The Hall–Kier alpha value is -3.06. The normalized spacial score (nSPS) is 17.1. The van der Waals surface area contributed by atoms with E-state index in [1.807, 2.05) is 66.9 Å². The second-order valence-corrected chi connectivity index (χ2v) is 11.0. The van der Waals surface area contributed by atoms with Gasteiger partial charge in [-0.05, 0) is 61.6 Å². The van der Waals surface area contributed by atoms with E-state index >= 15 is 0 Å². The van der Waals surface area contributed by atoms with Crippen LogP contribution < -0.4 is 10.6 Å². The molecule has 3 aromatic rings. The van der Waals surface area contributed by atoms with Crippen LogP contribution in [0, 0.1) is 5.41 Å². The summed E-state index contributed by atoms with van der Waals surface area (Å²) in [6.45, 7) is 2.44. The largest absolute Gasteiger partial charge is 0.352 e. The van der Waals surface area contributed by atoms with Crippen molar-refractivity contribution in [1.29, 1.82) is 0 Å². The van der Waals surface area contributed by atoms with E-state index in [0.29, 0.717) is 34.8 Å². The zero-order valence-electron chi connectivity index (χ0n) is 21.2. The molecule has 2 fully saturated rings. The predicted octanol–water partition coefficient (Wildman–Crippen LogP) is 5.79. The summed E-state index contributed by atoms with van der Waals surface area (Å²) < 4.78 is 1.95. The molecule has 0 unspecified atom stereocenters. The summed E-state index contributed by atoms with van der Waals surface area (Å²) >= 11 is 6.48. The SMILES string of the molecule is CN(C(=O)c1ccc2c(c1)nc(Nc1cc(CNC(=O)C3(C)CC3)ccc1Cl)n2C)C1CCCCC1. The Balaban J connectivity index is 1.33. The van der Waals surface area contributed by atoms with Crippen molar-refractivity contribution in [2.75, 3.05) is 12.4 Å². The third-order valence-corrected chi connectivity index (χ3v) is 8.18. The lowest BCUT2D eigenvalue weighted by molar-refractivity contribution is -0.125. The number of hydrogen-bond acceptors (Lipinski definition) is 4. The summed E-state index contributed by atoms with van der Waals surface area (Å²) in [5.41, 5.74) is 3.79. The molecule has 2 amide bonds. The van der Waals surface area contributed by atoms with E-state index in [4.69, 9.17) is 16.6 Å². The van der Waals surface area contributed by atoms with Gasteiger partial charge in [0.2, 0.25) is 11.9 Å². The summed E-state index contributed by atoms with van der Waals surface area (Å²) in [5, 5.41) is 6.93. The number of amides is 2. The molecule has 7 nitrogen and oxygen atoms in total. The Labute approximate surface area is 217 Å². The predicted molar refractivity (Wildman–Crippen MR) is 144 cm³/mol. The molecular formula is C28H34ClN5O2. The van der Waals surface area contributed by atoms with Crippen molar-refractivity contribution in [1.82, 2.24) is 19.8 Å². The molecule has 1 aromatic heterocycles. The Kier molecular flexibility index (Phi) is 6.68. The van der Waals surface area contributed by atoms with Crippen LogP contribution in [0.5, 0.6) is 0 Å². The molecular weight excluding hydrogens is 474 g/mol. The van der Waals surface area contributed by atoms with Crippen LogP contribution in [0.4, 0.5) is 11.6 Å². The number of fused-ring (bicyclic) bond motifs is 1. The molecule has 0 atom stereocenters. The van der Waals surface area contributed by atoms with Gasteiger partial charge in [0.15, 0.2) is 0 Å². The van der Waals surface area contributed by atoms with Gasteiger partial charge in [-0.1, -0.05) is 43.9 Å². The van der Waals surface area contributed by atoms with Gasteiger partial charge in [0.25, 0.3) is 5.91 Å². The minimum atomic E-state index is -0.202. The van der Waals surface area contributed by atoms with E-state index in [0.717, 1.165) is 42.3 Å². The Morgan fingerprint density at radius 1 is 1.14 bits per heavy atom. The van der Waals surface area contributed by atoms with Gasteiger partial charge in [-0.25, -0.2) is 4.98 Å². The zero-order chi connectivity index (χ0) is 25.4. The highest BCUT2D eigenvalue weighted by atomic mass is 35.5. The van der Waals surface area contributed by atoms with Gasteiger partial charge < -0.3 is 20.1 Å². The van der Waals surface area contributed by atoms with E-state index in [2.05, 4.69) is 10.6 Å².